The molecule has 0 spiro atoms. The summed E-state index contributed by atoms with van der Waals surface area (Å²) in [6, 6.07) is 0.0231. The van der Waals surface area contributed by atoms with Crippen molar-refractivity contribution in [2.24, 2.45) is 5.41 Å². The van der Waals surface area contributed by atoms with Crippen molar-refractivity contribution >= 4 is 26.0 Å². The second-order valence-corrected chi connectivity index (χ2v) is 7.92. The number of hydrogen-bond acceptors (Lipinski definition) is 2. The van der Waals surface area contributed by atoms with Gasteiger partial charge in [0.25, 0.3) is 0 Å². The Balaban J connectivity index is 4.81. The lowest BCUT2D eigenvalue weighted by Crippen LogP contribution is -2.42. The minimum Gasteiger partial charge on any atom is -0.212 e. The van der Waals surface area contributed by atoms with Crippen LogP contribution in [0.15, 0.2) is 0 Å². The van der Waals surface area contributed by atoms with E-state index in [1.807, 2.05) is 34.6 Å². The van der Waals surface area contributed by atoms with E-state index in [2.05, 4.69) is 15.9 Å². The Morgan fingerprint density at radius 2 is 1.73 bits per heavy atom. The molecular formula is C10H22BrNO2S. The van der Waals surface area contributed by atoms with Crippen LogP contribution in [0.1, 0.15) is 34.6 Å². The fourth-order valence-electron chi connectivity index (χ4n) is 1.43. The highest BCUT2D eigenvalue weighted by molar-refractivity contribution is 9.09. The second-order valence-electron chi connectivity index (χ2n) is 5.21. The highest BCUT2D eigenvalue weighted by Crippen LogP contribution is 2.20. The molecule has 0 atom stereocenters. The van der Waals surface area contributed by atoms with Gasteiger partial charge in [-0.1, -0.05) is 36.7 Å². The molecule has 15 heavy (non-hydrogen) atoms. The molecule has 0 aliphatic heterocycles. The summed E-state index contributed by atoms with van der Waals surface area (Å²) >= 11 is 3.28. The molecule has 0 saturated heterocycles. The van der Waals surface area contributed by atoms with Crippen LogP contribution >= 0.6 is 15.9 Å². The summed E-state index contributed by atoms with van der Waals surface area (Å²) in [7, 11) is -3.14. The zero-order valence-corrected chi connectivity index (χ0v) is 12.7. The predicted octanol–water partition coefficient (Wildman–Crippen LogP) is 2.47. The van der Waals surface area contributed by atoms with E-state index in [9.17, 15) is 8.42 Å². The third-order valence-corrected chi connectivity index (χ3v) is 4.76. The van der Waals surface area contributed by atoms with E-state index < -0.39 is 10.0 Å². The van der Waals surface area contributed by atoms with Crippen LogP contribution < -0.4 is 0 Å². The molecule has 0 heterocycles. The fraction of sp³-hybridized carbons (Fsp3) is 1.00. The lowest BCUT2D eigenvalue weighted by atomic mass is 10.0. The minimum atomic E-state index is -3.14. The fourth-order valence-corrected chi connectivity index (χ4v) is 4.32. The number of halogens is 1. The van der Waals surface area contributed by atoms with E-state index in [-0.39, 0.29) is 17.2 Å². The molecule has 0 unspecified atom stereocenters. The molecule has 0 aliphatic rings. The molecular weight excluding hydrogens is 278 g/mol. The van der Waals surface area contributed by atoms with Gasteiger partial charge < -0.3 is 0 Å². The Kier molecular flexibility index (Phi) is 5.79. The highest BCUT2D eigenvalue weighted by atomic mass is 79.9. The monoisotopic (exact) mass is 299 g/mol. The molecule has 0 aromatic carbocycles. The lowest BCUT2D eigenvalue weighted by Gasteiger charge is -2.28. The molecule has 0 N–H and O–H groups in total. The Hall–Kier alpha value is 0.390. The van der Waals surface area contributed by atoms with Crippen molar-refractivity contribution in [2.45, 2.75) is 40.7 Å². The maximum Gasteiger partial charge on any atom is 0.214 e. The van der Waals surface area contributed by atoms with Gasteiger partial charge in [0.2, 0.25) is 10.0 Å². The normalized spacial score (nSPS) is 13.9. The third-order valence-electron chi connectivity index (χ3n) is 1.85. The zero-order valence-electron chi connectivity index (χ0n) is 10.2. The van der Waals surface area contributed by atoms with Gasteiger partial charge in [-0.3, -0.25) is 0 Å². The topological polar surface area (TPSA) is 37.4 Å². The van der Waals surface area contributed by atoms with Crippen molar-refractivity contribution in [3.63, 3.8) is 0 Å². The average Bonchev–Trinajstić information content (AvgIpc) is 1.93. The van der Waals surface area contributed by atoms with E-state index in [4.69, 9.17) is 0 Å². The van der Waals surface area contributed by atoms with E-state index >= 15 is 0 Å². The largest absolute Gasteiger partial charge is 0.214 e. The SMILES string of the molecule is CC(C)N(CCBr)S(=O)(=O)CC(C)(C)C. The average molecular weight is 300 g/mol. The smallest absolute Gasteiger partial charge is 0.212 e. The number of rotatable bonds is 5. The van der Waals surface area contributed by atoms with Gasteiger partial charge in [-0.05, 0) is 19.3 Å². The van der Waals surface area contributed by atoms with Gasteiger partial charge in [0.15, 0.2) is 0 Å². The van der Waals surface area contributed by atoms with Crippen molar-refractivity contribution < 1.29 is 8.42 Å². The summed E-state index contributed by atoms with van der Waals surface area (Å²) in [6.07, 6.45) is 0. The summed E-state index contributed by atoms with van der Waals surface area (Å²) in [4.78, 5) is 0. The molecule has 92 valence electrons. The summed E-state index contributed by atoms with van der Waals surface area (Å²) in [5.74, 6) is 0.200. The molecule has 0 aromatic rings. The summed E-state index contributed by atoms with van der Waals surface area (Å²) in [5.41, 5.74) is -0.196. The predicted molar refractivity (Wildman–Crippen MR) is 68.9 cm³/mol. The van der Waals surface area contributed by atoms with E-state index in [1.54, 1.807) is 4.31 Å². The van der Waals surface area contributed by atoms with Crippen molar-refractivity contribution in [1.29, 1.82) is 0 Å². The Morgan fingerprint density at radius 1 is 1.27 bits per heavy atom. The maximum absolute atomic E-state index is 12.1. The molecule has 5 heteroatoms. The molecule has 3 nitrogen and oxygen atoms in total. The van der Waals surface area contributed by atoms with E-state index in [0.29, 0.717) is 11.9 Å². The standard InChI is InChI=1S/C10H22BrNO2S/c1-9(2)12(7-6-11)15(13,14)8-10(3,4)5/h9H,6-8H2,1-5H3. The van der Waals surface area contributed by atoms with Crippen molar-refractivity contribution in [1.82, 2.24) is 4.31 Å². The van der Waals surface area contributed by atoms with Crippen LogP contribution in [0.5, 0.6) is 0 Å². The summed E-state index contributed by atoms with van der Waals surface area (Å²) in [6.45, 7) is 10.2. The minimum absolute atomic E-state index is 0.0231. The first-order valence-corrected chi connectivity index (χ1v) is 7.89. The summed E-state index contributed by atoms with van der Waals surface area (Å²) in [5, 5.41) is 0.675. The lowest BCUT2D eigenvalue weighted by molar-refractivity contribution is 0.357. The second kappa shape index (κ2) is 5.64. The van der Waals surface area contributed by atoms with Gasteiger partial charge in [0, 0.05) is 17.9 Å². The van der Waals surface area contributed by atoms with Gasteiger partial charge in [-0.2, -0.15) is 4.31 Å². The molecule has 0 aromatic heterocycles. The Morgan fingerprint density at radius 3 is 2.00 bits per heavy atom. The first-order valence-electron chi connectivity index (χ1n) is 5.15. The van der Waals surface area contributed by atoms with E-state index in [0.717, 1.165) is 0 Å². The van der Waals surface area contributed by atoms with Crippen LogP contribution in [-0.2, 0) is 10.0 Å². The Bertz CT molecular complexity index is 280. The quantitative estimate of drug-likeness (QED) is 0.731. The van der Waals surface area contributed by atoms with Crippen LogP contribution in [-0.4, -0.2) is 36.4 Å². The van der Waals surface area contributed by atoms with Crippen LogP contribution in [0.3, 0.4) is 0 Å². The van der Waals surface area contributed by atoms with Gasteiger partial charge in [0.1, 0.15) is 0 Å². The number of alkyl halides is 1. The molecule has 0 bridgehead atoms. The summed E-state index contributed by atoms with van der Waals surface area (Å²) < 4.78 is 25.7. The zero-order chi connectivity index (χ0) is 12.3. The highest BCUT2D eigenvalue weighted by Gasteiger charge is 2.29. The number of hydrogen-bond donors (Lipinski definition) is 0. The van der Waals surface area contributed by atoms with E-state index in [1.165, 1.54) is 0 Å². The first kappa shape index (κ1) is 15.4. The van der Waals surface area contributed by atoms with Gasteiger partial charge in [0.05, 0.1) is 5.75 Å². The number of sulfonamides is 1. The van der Waals surface area contributed by atoms with Crippen molar-refractivity contribution in [2.75, 3.05) is 17.6 Å². The van der Waals surface area contributed by atoms with Gasteiger partial charge >= 0.3 is 0 Å². The third kappa shape index (κ3) is 5.88. The first-order chi connectivity index (χ1) is 6.60. The van der Waals surface area contributed by atoms with Gasteiger partial charge in [-0.15, -0.1) is 0 Å². The molecule has 0 saturated carbocycles. The van der Waals surface area contributed by atoms with Crippen LogP contribution in [0.2, 0.25) is 0 Å². The number of nitrogens with zero attached hydrogens (tertiary/aromatic N) is 1. The Labute approximate surface area is 102 Å². The molecule has 0 aliphatic carbocycles. The van der Waals surface area contributed by atoms with Crippen LogP contribution in [0.4, 0.5) is 0 Å². The van der Waals surface area contributed by atoms with Crippen LogP contribution in [0, 0.1) is 5.41 Å². The molecule has 0 fully saturated rings. The van der Waals surface area contributed by atoms with Crippen LogP contribution in [0.25, 0.3) is 0 Å². The van der Waals surface area contributed by atoms with Crippen molar-refractivity contribution in [3.05, 3.63) is 0 Å². The molecule has 0 radical (unpaired) electrons. The maximum atomic E-state index is 12.1. The van der Waals surface area contributed by atoms with Gasteiger partial charge in [-0.25, -0.2) is 8.42 Å². The van der Waals surface area contributed by atoms with Crippen molar-refractivity contribution in [3.8, 4) is 0 Å². The molecule has 0 amide bonds. The molecule has 0 rings (SSSR count).